The van der Waals surface area contributed by atoms with Crippen molar-refractivity contribution in [2.24, 2.45) is 0 Å². The first-order valence-electron chi connectivity index (χ1n) is 3.41. The molecule has 1 aromatic carbocycles. The van der Waals surface area contributed by atoms with Crippen molar-refractivity contribution in [3.8, 4) is 0 Å². The van der Waals surface area contributed by atoms with Crippen molar-refractivity contribution in [3.63, 3.8) is 0 Å². The van der Waals surface area contributed by atoms with Gasteiger partial charge in [0.15, 0.2) is 0 Å². The van der Waals surface area contributed by atoms with Crippen LogP contribution < -0.4 is 0 Å². The van der Waals surface area contributed by atoms with E-state index in [1.165, 1.54) is 6.08 Å². The number of hydrogen-bond donors (Lipinski definition) is 0. The molecule has 0 atom stereocenters. The second kappa shape index (κ2) is 4.21. The van der Waals surface area contributed by atoms with E-state index < -0.39 is 11.6 Å². The molecule has 0 amide bonds. The average Bonchev–Trinajstić information content (AvgIpc) is 2.07. The molecule has 1 aromatic rings. The summed E-state index contributed by atoms with van der Waals surface area (Å²) in [5.74, 6) is -0.612. The standard InChI is InChI=1S/C9H7ClF2/c10-5-1-2-7-6-8(11)3-4-9(7)12/h1-4,6H,5H2. The van der Waals surface area contributed by atoms with Crippen molar-refractivity contribution in [1.29, 1.82) is 0 Å². The van der Waals surface area contributed by atoms with Gasteiger partial charge >= 0.3 is 0 Å². The van der Waals surface area contributed by atoms with Gasteiger partial charge in [-0.3, -0.25) is 0 Å². The van der Waals surface area contributed by atoms with E-state index in [0.29, 0.717) is 0 Å². The lowest BCUT2D eigenvalue weighted by molar-refractivity contribution is 0.598. The van der Waals surface area contributed by atoms with Gasteiger partial charge in [0.05, 0.1) is 0 Å². The Balaban J connectivity index is 2.97. The second-order valence-electron chi connectivity index (χ2n) is 2.22. The molecule has 0 aliphatic rings. The molecule has 0 saturated carbocycles. The van der Waals surface area contributed by atoms with Gasteiger partial charge in [-0.05, 0) is 18.2 Å². The van der Waals surface area contributed by atoms with Crippen LogP contribution in [0.2, 0.25) is 0 Å². The summed E-state index contributed by atoms with van der Waals surface area (Å²) < 4.78 is 25.4. The van der Waals surface area contributed by atoms with Gasteiger partial charge in [0.2, 0.25) is 0 Å². The van der Waals surface area contributed by atoms with Crippen molar-refractivity contribution in [1.82, 2.24) is 0 Å². The highest BCUT2D eigenvalue weighted by molar-refractivity contribution is 6.19. The summed E-state index contributed by atoms with van der Waals surface area (Å²) in [5.41, 5.74) is 0.218. The van der Waals surface area contributed by atoms with Crippen molar-refractivity contribution in [3.05, 3.63) is 41.5 Å². The Morgan fingerprint density at radius 2 is 2.08 bits per heavy atom. The lowest BCUT2D eigenvalue weighted by Gasteiger charge is -1.95. The van der Waals surface area contributed by atoms with Crippen LogP contribution in [0, 0.1) is 11.6 Å². The normalized spacial score (nSPS) is 10.9. The van der Waals surface area contributed by atoms with E-state index in [0.717, 1.165) is 18.2 Å². The Kier molecular flexibility index (Phi) is 3.23. The minimum Gasteiger partial charge on any atom is -0.207 e. The highest BCUT2D eigenvalue weighted by Gasteiger charge is 1.98. The van der Waals surface area contributed by atoms with Crippen LogP contribution in [0.3, 0.4) is 0 Å². The van der Waals surface area contributed by atoms with E-state index in [1.807, 2.05) is 0 Å². The van der Waals surface area contributed by atoms with Crippen LogP contribution in [0.1, 0.15) is 5.56 Å². The first-order chi connectivity index (χ1) is 5.74. The molecule has 0 saturated heterocycles. The molecule has 0 nitrogen and oxygen atoms in total. The van der Waals surface area contributed by atoms with Gasteiger partial charge in [-0.25, -0.2) is 8.78 Å². The molecular weight excluding hydrogens is 182 g/mol. The maximum absolute atomic E-state index is 12.8. The number of halogens is 3. The zero-order valence-electron chi connectivity index (χ0n) is 6.23. The highest BCUT2D eigenvalue weighted by atomic mass is 35.5. The van der Waals surface area contributed by atoms with Crippen molar-refractivity contribution < 1.29 is 8.78 Å². The lowest BCUT2D eigenvalue weighted by atomic mass is 10.2. The van der Waals surface area contributed by atoms with Crippen LogP contribution in [0.15, 0.2) is 24.3 Å². The molecule has 0 radical (unpaired) electrons. The number of alkyl halides is 1. The average molecular weight is 189 g/mol. The maximum atomic E-state index is 12.8. The molecule has 0 fully saturated rings. The predicted octanol–water partition coefficient (Wildman–Crippen LogP) is 3.22. The third-order valence-corrected chi connectivity index (χ3v) is 1.52. The maximum Gasteiger partial charge on any atom is 0.130 e. The monoisotopic (exact) mass is 188 g/mol. The molecular formula is C9H7ClF2. The smallest absolute Gasteiger partial charge is 0.130 e. The summed E-state index contributed by atoms with van der Waals surface area (Å²) in [6.45, 7) is 0. The summed E-state index contributed by atoms with van der Waals surface area (Å²) in [6, 6.07) is 3.29. The summed E-state index contributed by atoms with van der Waals surface area (Å²) in [7, 11) is 0. The van der Waals surface area contributed by atoms with E-state index in [4.69, 9.17) is 11.6 Å². The molecule has 0 aromatic heterocycles. The molecule has 3 heteroatoms. The Hall–Kier alpha value is -0.890. The van der Waals surface area contributed by atoms with E-state index in [2.05, 4.69) is 0 Å². The zero-order valence-corrected chi connectivity index (χ0v) is 6.98. The first-order valence-corrected chi connectivity index (χ1v) is 3.95. The molecule has 0 aliphatic heterocycles. The molecule has 0 bridgehead atoms. The lowest BCUT2D eigenvalue weighted by Crippen LogP contribution is -1.83. The SMILES string of the molecule is Fc1ccc(F)c(C=CCCl)c1. The molecule has 0 N–H and O–H groups in total. The summed E-state index contributed by atoms with van der Waals surface area (Å²) in [4.78, 5) is 0. The van der Waals surface area contributed by atoms with Gasteiger partial charge in [0.25, 0.3) is 0 Å². The molecule has 1 rings (SSSR count). The van der Waals surface area contributed by atoms with Crippen LogP contribution in [-0.2, 0) is 0 Å². The molecule has 64 valence electrons. The molecule has 0 unspecified atom stereocenters. The van der Waals surface area contributed by atoms with Gasteiger partial charge in [-0.15, -0.1) is 11.6 Å². The van der Waals surface area contributed by atoms with Crippen LogP contribution in [0.25, 0.3) is 6.08 Å². The fourth-order valence-electron chi connectivity index (χ4n) is 0.814. The Bertz CT molecular complexity index is 295. The number of hydrogen-bond acceptors (Lipinski definition) is 0. The predicted molar refractivity (Wildman–Crippen MR) is 46.1 cm³/mol. The summed E-state index contributed by atoms with van der Waals surface area (Å²) in [5, 5.41) is 0. The Labute approximate surface area is 74.5 Å². The van der Waals surface area contributed by atoms with Crippen LogP contribution >= 0.6 is 11.6 Å². The van der Waals surface area contributed by atoms with Crippen LogP contribution in [0.4, 0.5) is 8.78 Å². The third-order valence-electron chi connectivity index (χ3n) is 1.34. The quantitative estimate of drug-likeness (QED) is 0.626. The summed E-state index contributed by atoms with van der Waals surface area (Å²) in [6.07, 6.45) is 3.00. The topological polar surface area (TPSA) is 0 Å². The zero-order chi connectivity index (χ0) is 8.97. The van der Waals surface area contributed by atoms with Crippen LogP contribution in [0.5, 0.6) is 0 Å². The third kappa shape index (κ3) is 2.31. The fourth-order valence-corrected chi connectivity index (χ4v) is 0.903. The minimum absolute atomic E-state index is 0.218. The largest absolute Gasteiger partial charge is 0.207 e. The van der Waals surface area contributed by atoms with E-state index in [1.54, 1.807) is 6.08 Å². The molecule has 0 heterocycles. The van der Waals surface area contributed by atoms with Gasteiger partial charge in [-0.1, -0.05) is 12.2 Å². The minimum atomic E-state index is -0.453. The molecule has 12 heavy (non-hydrogen) atoms. The van der Waals surface area contributed by atoms with Crippen molar-refractivity contribution in [2.75, 3.05) is 5.88 Å². The number of benzene rings is 1. The van der Waals surface area contributed by atoms with E-state index >= 15 is 0 Å². The van der Waals surface area contributed by atoms with Gasteiger partial charge < -0.3 is 0 Å². The fraction of sp³-hybridized carbons (Fsp3) is 0.111. The van der Waals surface area contributed by atoms with Crippen molar-refractivity contribution >= 4 is 17.7 Å². The highest BCUT2D eigenvalue weighted by Crippen LogP contribution is 2.11. The second-order valence-corrected chi connectivity index (χ2v) is 2.53. The Morgan fingerprint density at radius 3 is 2.75 bits per heavy atom. The van der Waals surface area contributed by atoms with E-state index in [9.17, 15) is 8.78 Å². The molecule has 0 aliphatic carbocycles. The van der Waals surface area contributed by atoms with Crippen molar-refractivity contribution in [2.45, 2.75) is 0 Å². The van der Waals surface area contributed by atoms with Gasteiger partial charge in [0.1, 0.15) is 11.6 Å². The summed E-state index contributed by atoms with van der Waals surface area (Å²) >= 11 is 5.34. The number of allylic oxidation sites excluding steroid dienone is 1. The first kappa shape index (κ1) is 9.20. The van der Waals surface area contributed by atoms with Gasteiger partial charge in [0, 0.05) is 11.4 Å². The molecule has 0 spiro atoms. The Morgan fingerprint density at radius 1 is 1.33 bits per heavy atom. The van der Waals surface area contributed by atoms with E-state index in [-0.39, 0.29) is 11.4 Å². The van der Waals surface area contributed by atoms with Crippen LogP contribution in [-0.4, -0.2) is 5.88 Å². The number of rotatable bonds is 2. The van der Waals surface area contributed by atoms with Gasteiger partial charge in [-0.2, -0.15) is 0 Å².